The lowest BCUT2D eigenvalue weighted by Crippen LogP contribution is -2.33. The zero-order valence-corrected chi connectivity index (χ0v) is 12.9. The lowest BCUT2D eigenvalue weighted by molar-refractivity contribution is -0.121. The maximum Gasteiger partial charge on any atom is 0.230 e. The van der Waals surface area contributed by atoms with Gasteiger partial charge >= 0.3 is 0 Å². The van der Waals surface area contributed by atoms with Gasteiger partial charge in [-0.1, -0.05) is 40.2 Å². The van der Waals surface area contributed by atoms with E-state index in [0.29, 0.717) is 0 Å². The molecule has 0 aromatic heterocycles. The SMILES string of the molecule is CN(C(=O)C1Cc2ccc(Br)cc2C1)c1ccccc1. The summed E-state index contributed by atoms with van der Waals surface area (Å²) in [5, 5.41) is 0. The summed E-state index contributed by atoms with van der Waals surface area (Å²) < 4.78 is 1.08. The highest BCUT2D eigenvalue weighted by molar-refractivity contribution is 9.10. The summed E-state index contributed by atoms with van der Waals surface area (Å²) in [5.41, 5.74) is 3.54. The van der Waals surface area contributed by atoms with Gasteiger partial charge in [-0.05, 0) is 48.2 Å². The number of amides is 1. The first-order valence-corrected chi connectivity index (χ1v) is 7.54. The molecule has 0 saturated carbocycles. The Morgan fingerprint density at radius 1 is 1.10 bits per heavy atom. The minimum atomic E-state index is 0.0597. The number of para-hydroxylation sites is 1. The van der Waals surface area contributed by atoms with Gasteiger partial charge in [0, 0.05) is 23.1 Å². The van der Waals surface area contributed by atoms with Gasteiger partial charge in [-0.15, -0.1) is 0 Å². The molecule has 102 valence electrons. The second-order valence-electron chi connectivity index (χ2n) is 5.25. The number of carbonyl (C=O) groups is 1. The Kier molecular flexibility index (Phi) is 3.62. The monoisotopic (exact) mass is 329 g/mol. The largest absolute Gasteiger partial charge is 0.315 e. The van der Waals surface area contributed by atoms with Crippen molar-refractivity contribution in [3.05, 3.63) is 64.1 Å². The van der Waals surface area contributed by atoms with Gasteiger partial charge in [0.15, 0.2) is 0 Å². The Morgan fingerprint density at radius 2 is 1.80 bits per heavy atom. The van der Waals surface area contributed by atoms with Crippen molar-refractivity contribution in [2.45, 2.75) is 12.8 Å². The van der Waals surface area contributed by atoms with Crippen LogP contribution in [0.15, 0.2) is 53.0 Å². The van der Waals surface area contributed by atoms with Crippen molar-refractivity contribution in [3.63, 3.8) is 0 Å². The van der Waals surface area contributed by atoms with Crippen LogP contribution in [0, 0.1) is 5.92 Å². The van der Waals surface area contributed by atoms with Crippen LogP contribution >= 0.6 is 15.9 Å². The van der Waals surface area contributed by atoms with Gasteiger partial charge in [0.05, 0.1) is 0 Å². The molecule has 2 aromatic carbocycles. The number of carbonyl (C=O) groups excluding carboxylic acids is 1. The predicted molar refractivity (Wildman–Crippen MR) is 84.9 cm³/mol. The summed E-state index contributed by atoms with van der Waals surface area (Å²) in [5.74, 6) is 0.257. The molecule has 0 heterocycles. The minimum absolute atomic E-state index is 0.0597. The van der Waals surface area contributed by atoms with Crippen LogP contribution in [0.25, 0.3) is 0 Å². The van der Waals surface area contributed by atoms with E-state index in [1.807, 2.05) is 43.4 Å². The van der Waals surface area contributed by atoms with Gasteiger partial charge in [-0.3, -0.25) is 4.79 Å². The molecule has 2 aromatic rings. The van der Waals surface area contributed by atoms with E-state index in [4.69, 9.17) is 0 Å². The molecular formula is C17H16BrNO. The van der Waals surface area contributed by atoms with Gasteiger partial charge in [0.2, 0.25) is 5.91 Å². The van der Waals surface area contributed by atoms with Crippen molar-refractivity contribution >= 4 is 27.5 Å². The van der Waals surface area contributed by atoms with Crippen LogP contribution in [0.2, 0.25) is 0 Å². The topological polar surface area (TPSA) is 20.3 Å². The number of rotatable bonds is 2. The van der Waals surface area contributed by atoms with E-state index in [2.05, 4.69) is 28.1 Å². The fourth-order valence-electron chi connectivity index (χ4n) is 2.81. The number of nitrogens with zero attached hydrogens (tertiary/aromatic N) is 1. The van der Waals surface area contributed by atoms with Gasteiger partial charge in [0.1, 0.15) is 0 Å². The van der Waals surface area contributed by atoms with Crippen LogP contribution in [-0.4, -0.2) is 13.0 Å². The van der Waals surface area contributed by atoms with Crippen molar-refractivity contribution in [2.24, 2.45) is 5.92 Å². The number of halogens is 1. The molecule has 1 unspecified atom stereocenters. The highest BCUT2D eigenvalue weighted by Gasteiger charge is 2.29. The molecule has 1 amide bonds. The van der Waals surface area contributed by atoms with Crippen LogP contribution < -0.4 is 4.90 Å². The quantitative estimate of drug-likeness (QED) is 0.820. The number of benzene rings is 2. The van der Waals surface area contributed by atoms with Crippen molar-refractivity contribution in [1.29, 1.82) is 0 Å². The average molecular weight is 330 g/mol. The molecule has 1 atom stereocenters. The highest BCUT2D eigenvalue weighted by Crippen LogP contribution is 2.31. The molecule has 3 heteroatoms. The van der Waals surface area contributed by atoms with Crippen molar-refractivity contribution in [1.82, 2.24) is 0 Å². The smallest absolute Gasteiger partial charge is 0.230 e. The molecule has 0 spiro atoms. The van der Waals surface area contributed by atoms with E-state index in [1.54, 1.807) is 4.90 Å². The number of hydrogen-bond acceptors (Lipinski definition) is 1. The normalized spacial score (nSPS) is 16.8. The molecule has 2 nitrogen and oxygen atoms in total. The Labute approximate surface area is 127 Å². The van der Waals surface area contributed by atoms with Gasteiger partial charge < -0.3 is 4.90 Å². The first kappa shape index (κ1) is 13.4. The molecule has 0 radical (unpaired) electrons. The van der Waals surface area contributed by atoms with E-state index < -0.39 is 0 Å². The maximum absolute atomic E-state index is 12.6. The number of fused-ring (bicyclic) bond motifs is 1. The van der Waals surface area contributed by atoms with E-state index >= 15 is 0 Å². The first-order valence-electron chi connectivity index (χ1n) is 6.75. The molecular weight excluding hydrogens is 314 g/mol. The summed E-state index contributed by atoms with van der Waals surface area (Å²) in [4.78, 5) is 14.4. The molecule has 20 heavy (non-hydrogen) atoms. The lowest BCUT2D eigenvalue weighted by Gasteiger charge is -2.21. The minimum Gasteiger partial charge on any atom is -0.315 e. The molecule has 0 fully saturated rings. The fraction of sp³-hybridized carbons (Fsp3) is 0.235. The molecule has 0 bridgehead atoms. The van der Waals surface area contributed by atoms with Crippen molar-refractivity contribution in [3.8, 4) is 0 Å². The van der Waals surface area contributed by atoms with Crippen molar-refractivity contribution in [2.75, 3.05) is 11.9 Å². The second-order valence-corrected chi connectivity index (χ2v) is 6.17. The molecule has 0 aliphatic heterocycles. The molecule has 0 saturated heterocycles. The van der Waals surface area contributed by atoms with E-state index in [1.165, 1.54) is 11.1 Å². The van der Waals surface area contributed by atoms with E-state index in [0.717, 1.165) is 23.0 Å². The standard InChI is InChI=1S/C17H16BrNO/c1-19(16-5-3-2-4-6-16)17(20)14-9-12-7-8-15(18)11-13(12)10-14/h2-8,11,14H,9-10H2,1H3. The molecule has 1 aliphatic rings. The summed E-state index contributed by atoms with van der Waals surface area (Å²) >= 11 is 3.49. The summed E-state index contributed by atoms with van der Waals surface area (Å²) in [6.07, 6.45) is 1.68. The lowest BCUT2D eigenvalue weighted by atomic mass is 10.0. The Hall–Kier alpha value is -1.61. The van der Waals surface area contributed by atoms with E-state index in [9.17, 15) is 4.79 Å². The predicted octanol–water partition coefficient (Wildman–Crippen LogP) is 3.83. The first-order chi connectivity index (χ1) is 9.65. The average Bonchev–Trinajstić information content (AvgIpc) is 2.89. The number of anilines is 1. The van der Waals surface area contributed by atoms with Gasteiger partial charge in [-0.2, -0.15) is 0 Å². The van der Waals surface area contributed by atoms with Crippen molar-refractivity contribution < 1.29 is 4.79 Å². The Balaban J connectivity index is 1.77. The number of hydrogen-bond donors (Lipinski definition) is 0. The van der Waals surface area contributed by atoms with Crippen LogP contribution in [0.5, 0.6) is 0 Å². The summed E-state index contributed by atoms with van der Waals surface area (Å²) in [6.45, 7) is 0. The fourth-order valence-corrected chi connectivity index (χ4v) is 3.22. The van der Waals surface area contributed by atoms with Crippen LogP contribution in [0.1, 0.15) is 11.1 Å². The van der Waals surface area contributed by atoms with Crippen LogP contribution in [0.3, 0.4) is 0 Å². The zero-order chi connectivity index (χ0) is 14.1. The highest BCUT2D eigenvalue weighted by atomic mass is 79.9. The Bertz CT molecular complexity index is 639. The van der Waals surface area contributed by atoms with Crippen LogP contribution in [-0.2, 0) is 17.6 Å². The Morgan fingerprint density at radius 3 is 2.55 bits per heavy atom. The summed E-state index contributed by atoms with van der Waals surface area (Å²) in [6, 6.07) is 16.1. The summed E-state index contributed by atoms with van der Waals surface area (Å²) in [7, 11) is 1.86. The van der Waals surface area contributed by atoms with E-state index in [-0.39, 0.29) is 11.8 Å². The molecule has 1 aliphatic carbocycles. The molecule has 0 N–H and O–H groups in total. The van der Waals surface area contributed by atoms with Gasteiger partial charge in [-0.25, -0.2) is 0 Å². The third-order valence-electron chi connectivity index (χ3n) is 3.92. The third-order valence-corrected chi connectivity index (χ3v) is 4.42. The maximum atomic E-state index is 12.6. The van der Waals surface area contributed by atoms with Crippen LogP contribution in [0.4, 0.5) is 5.69 Å². The zero-order valence-electron chi connectivity index (χ0n) is 11.3. The third kappa shape index (κ3) is 2.50. The second kappa shape index (κ2) is 5.41. The molecule has 3 rings (SSSR count). The van der Waals surface area contributed by atoms with Gasteiger partial charge in [0.25, 0.3) is 0 Å².